The van der Waals surface area contributed by atoms with Crippen molar-refractivity contribution in [2.45, 2.75) is 25.3 Å². The fourth-order valence-corrected chi connectivity index (χ4v) is 2.49. The van der Waals surface area contributed by atoms with Gasteiger partial charge in [0.2, 0.25) is 5.91 Å². The molecule has 5 heteroatoms. The lowest BCUT2D eigenvalue weighted by Crippen LogP contribution is -2.43. The van der Waals surface area contributed by atoms with E-state index in [0.717, 1.165) is 6.42 Å². The zero-order chi connectivity index (χ0) is 12.1. The fraction of sp³-hybridized carbons (Fsp3) is 0.636. The van der Waals surface area contributed by atoms with Gasteiger partial charge >= 0.3 is 5.97 Å². The minimum Gasteiger partial charge on any atom is -0.480 e. The molecule has 16 heavy (non-hydrogen) atoms. The molecule has 90 valence electrons. The molecule has 1 aliphatic heterocycles. The average molecular weight is 290 g/mol. The molecule has 1 amide bonds. The van der Waals surface area contributed by atoms with Crippen LogP contribution in [0.1, 0.15) is 19.3 Å². The molecule has 0 aliphatic carbocycles. The molecular weight excluding hydrogens is 274 g/mol. The molecule has 0 aromatic heterocycles. The van der Waals surface area contributed by atoms with Crippen molar-refractivity contribution in [3.63, 3.8) is 0 Å². The number of aliphatic carboxylic acids is 1. The van der Waals surface area contributed by atoms with Gasteiger partial charge in [0.15, 0.2) is 0 Å². The third-order valence-electron chi connectivity index (χ3n) is 2.81. The summed E-state index contributed by atoms with van der Waals surface area (Å²) in [6.07, 6.45) is 3.60. The van der Waals surface area contributed by atoms with E-state index in [1.807, 2.05) is 0 Å². The topological polar surface area (TPSA) is 57.6 Å². The molecule has 0 aromatic carbocycles. The van der Waals surface area contributed by atoms with Crippen LogP contribution >= 0.6 is 15.9 Å². The molecule has 0 saturated carbocycles. The summed E-state index contributed by atoms with van der Waals surface area (Å²) in [7, 11) is 0. The predicted octanol–water partition coefficient (Wildman–Crippen LogP) is 1.65. The number of carboxylic acid groups (broad SMARTS) is 1. The second kappa shape index (κ2) is 6.03. The van der Waals surface area contributed by atoms with Gasteiger partial charge in [0.05, 0.1) is 5.92 Å². The molecule has 2 atom stereocenters. The van der Waals surface area contributed by atoms with Crippen molar-refractivity contribution in [2.24, 2.45) is 5.92 Å². The minimum absolute atomic E-state index is 0.0818. The van der Waals surface area contributed by atoms with Crippen LogP contribution in [0.5, 0.6) is 0 Å². The zero-order valence-corrected chi connectivity index (χ0v) is 10.6. The van der Waals surface area contributed by atoms with Gasteiger partial charge < -0.3 is 10.0 Å². The third kappa shape index (κ3) is 2.84. The van der Waals surface area contributed by atoms with Crippen LogP contribution in [0.15, 0.2) is 12.7 Å². The Morgan fingerprint density at radius 1 is 1.62 bits per heavy atom. The molecular formula is C11H16BrNO3. The van der Waals surface area contributed by atoms with Crippen LogP contribution < -0.4 is 0 Å². The van der Waals surface area contributed by atoms with Gasteiger partial charge in [-0.05, 0) is 19.3 Å². The normalized spacial score (nSPS) is 21.8. The van der Waals surface area contributed by atoms with E-state index in [0.29, 0.717) is 24.7 Å². The van der Waals surface area contributed by atoms with Crippen molar-refractivity contribution in [3.8, 4) is 0 Å². The Hall–Kier alpha value is -0.840. The van der Waals surface area contributed by atoms with Crippen LogP contribution in [0.3, 0.4) is 0 Å². The van der Waals surface area contributed by atoms with Crippen LogP contribution in [0.2, 0.25) is 0 Å². The highest BCUT2D eigenvalue weighted by Gasteiger charge is 2.36. The van der Waals surface area contributed by atoms with Gasteiger partial charge in [0, 0.05) is 11.9 Å². The minimum atomic E-state index is -0.905. The van der Waals surface area contributed by atoms with Crippen LogP contribution in [-0.4, -0.2) is 39.8 Å². The number of carbonyl (C=O) groups excluding carboxylic acids is 1. The van der Waals surface area contributed by atoms with Crippen LogP contribution in [0.4, 0.5) is 0 Å². The SMILES string of the molecule is C=CCC(CBr)C(=O)N1CCC[C@H]1C(=O)O. The van der Waals surface area contributed by atoms with Crippen LogP contribution in [0, 0.1) is 5.92 Å². The van der Waals surface area contributed by atoms with Crippen molar-refractivity contribution >= 4 is 27.8 Å². The number of hydrogen-bond acceptors (Lipinski definition) is 2. The third-order valence-corrected chi connectivity index (χ3v) is 3.59. The first-order valence-electron chi connectivity index (χ1n) is 5.32. The number of allylic oxidation sites excluding steroid dienone is 1. The summed E-state index contributed by atoms with van der Waals surface area (Å²) in [5.74, 6) is -1.18. The molecule has 1 aliphatic rings. The van der Waals surface area contributed by atoms with E-state index in [-0.39, 0.29) is 11.8 Å². The number of nitrogens with zero attached hydrogens (tertiary/aromatic N) is 1. The first-order chi connectivity index (χ1) is 7.61. The van der Waals surface area contributed by atoms with Gasteiger partial charge in [-0.3, -0.25) is 4.79 Å². The van der Waals surface area contributed by atoms with Crippen molar-refractivity contribution in [2.75, 3.05) is 11.9 Å². The highest BCUT2D eigenvalue weighted by molar-refractivity contribution is 9.09. The quantitative estimate of drug-likeness (QED) is 0.618. The lowest BCUT2D eigenvalue weighted by atomic mass is 10.1. The highest BCUT2D eigenvalue weighted by Crippen LogP contribution is 2.22. The Balaban J connectivity index is 2.71. The Bertz CT molecular complexity index is 293. The fourth-order valence-electron chi connectivity index (χ4n) is 1.95. The van der Waals surface area contributed by atoms with Crippen LogP contribution in [0.25, 0.3) is 0 Å². The number of amides is 1. The molecule has 0 radical (unpaired) electrons. The van der Waals surface area contributed by atoms with Gasteiger partial charge in [-0.15, -0.1) is 6.58 Å². The van der Waals surface area contributed by atoms with Crippen molar-refractivity contribution in [1.29, 1.82) is 0 Å². The first-order valence-corrected chi connectivity index (χ1v) is 6.44. The number of halogens is 1. The smallest absolute Gasteiger partial charge is 0.326 e. The number of hydrogen-bond donors (Lipinski definition) is 1. The second-order valence-electron chi connectivity index (χ2n) is 3.90. The van der Waals surface area contributed by atoms with Gasteiger partial charge in [0.1, 0.15) is 6.04 Å². The first kappa shape index (κ1) is 13.2. The van der Waals surface area contributed by atoms with Gasteiger partial charge in [-0.25, -0.2) is 4.79 Å². The largest absolute Gasteiger partial charge is 0.480 e. The van der Waals surface area contributed by atoms with E-state index in [2.05, 4.69) is 22.5 Å². The zero-order valence-electron chi connectivity index (χ0n) is 9.06. The van der Waals surface area contributed by atoms with Gasteiger partial charge in [-0.2, -0.15) is 0 Å². The highest BCUT2D eigenvalue weighted by atomic mass is 79.9. The molecule has 1 rings (SSSR count). The summed E-state index contributed by atoms with van der Waals surface area (Å²) in [5, 5.41) is 9.53. The van der Waals surface area contributed by atoms with E-state index in [1.54, 1.807) is 6.08 Å². The molecule has 0 bridgehead atoms. The summed E-state index contributed by atoms with van der Waals surface area (Å²) >= 11 is 3.28. The number of carboxylic acids is 1. The molecule has 1 N–H and O–H groups in total. The van der Waals surface area contributed by atoms with E-state index in [1.165, 1.54) is 4.90 Å². The molecule has 1 saturated heterocycles. The maximum atomic E-state index is 12.1. The molecule has 1 unspecified atom stereocenters. The van der Waals surface area contributed by atoms with E-state index in [9.17, 15) is 9.59 Å². The maximum absolute atomic E-state index is 12.1. The van der Waals surface area contributed by atoms with Gasteiger partial charge in [0.25, 0.3) is 0 Å². The second-order valence-corrected chi connectivity index (χ2v) is 4.55. The lowest BCUT2D eigenvalue weighted by Gasteiger charge is -2.25. The molecule has 1 heterocycles. The Morgan fingerprint density at radius 3 is 2.81 bits per heavy atom. The number of alkyl halides is 1. The lowest BCUT2D eigenvalue weighted by molar-refractivity contribution is -0.149. The van der Waals surface area contributed by atoms with Crippen LogP contribution in [-0.2, 0) is 9.59 Å². The van der Waals surface area contributed by atoms with Crippen molar-refractivity contribution < 1.29 is 14.7 Å². The summed E-state index contributed by atoms with van der Waals surface area (Å²) in [4.78, 5) is 24.5. The summed E-state index contributed by atoms with van der Waals surface area (Å²) < 4.78 is 0. The molecule has 4 nitrogen and oxygen atoms in total. The summed E-state index contributed by atoms with van der Waals surface area (Å²) in [5.41, 5.74) is 0. The number of carbonyl (C=O) groups is 2. The summed E-state index contributed by atoms with van der Waals surface area (Å²) in [6, 6.07) is -0.640. The Kier molecular flexibility index (Phi) is 4.99. The average Bonchev–Trinajstić information content (AvgIpc) is 2.73. The predicted molar refractivity (Wildman–Crippen MR) is 64.5 cm³/mol. The standard InChI is InChI=1S/C11H16BrNO3/c1-2-4-8(7-12)10(14)13-6-3-5-9(13)11(15)16/h2,8-9H,1,3-7H2,(H,15,16)/t8?,9-/m0/s1. The molecule has 0 aromatic rings. The van der Waals surface area contributed by atoms with Gasteiger partial charge in [-0.1, -0.05) is 22.0 Å². The maximum Gasteiger partial charge on any atom is 0.326 e. The number of rotatable bonds is 5. The molecule has 1 fully saturated rings. The van der Waals surface area contributed by atoms with E-state index >= 15 is 0 Å². The van der Waals surface area contributed by atoms with E-state index < -0.39 is 12.0 Å². The molecule has 0 spiro atoms. The Morgan fingerprint density at radius 2 is 2.31 bits per heavy atom. The van der Waals surface area contributed by atoms with E-state index in [4.69, 9.17) is 5.11 Å². The monoisotopic (exact) mass is 289 g/mol. The van der Waals surface area contributed by atoms with Crippen molar-refractivity contribution in [1.82, 2.24) is 4.90 Å². The van der Waals surface area contributed by atoms with Crippen molar-refractivity contribution in [3.05, 3.63) is 12.7 Å². The summed E-state index contributed by atoms with van der Waals surface area (Å²) in [6.45, 7) is 4.16. The number of likely N-dealkylation sites (tertiary alicyclic amines) is 1. The Labute approximate surface area is 103 Å².